The highest BCUT2D eigenvalue weighted by atomic mass is 16.5. The lowest BCUT2D eigenvalue weighted by atomic mass is 9.92. The molecule has 7 heteroatoms. The molecule has 3 N–H and O–H groups in total. The van der Waals surface area contributed by atoms with Crippen LogP contribution in [0.5, 0.6) is 5.75 Å². The largest absolute Gasteiger partial charge is 0.497 e. The Balaban J connectivity index is 1.36. The number of amides is 3. The van der Waals surface area contributed by atoms with Gasteiger partial charge >= 0.3 is 6.03 Å². The van der Waals surface area contributed by atoms with E-state index in [-0.39, 0.29) is 11.9 Å². The lowest BCUT2D eigenvalue weighted by Crippen LogP contribution is -3.28. The summed E-state index contributed by atoms with van der Waals surface area (Å²) in [6, 6.07) is 15.7. The number of imide groups is 1. The van der Waals surface area contributed by atoms with Crippen LogP contribution in [0.3, 0.4) is 0 Å². The zero-order valence-electron chi connectivity index (χ0n) is 18.5. The Morgan fingerprint density at radius 1 is 1.03 bits per heavy atom. The van der Waals surface area contributed by atoms with Crippen molar-refractivity contribution >= 4 is 11.9 Å². The lowest BCUT2D eigenvalue weighted by molar-refractivity contribution is -1.02. The van der Waals surface area contributed by atoms with Crippen molar-refractivity contribution in [3.05, 3.63) is 65.2 Å². The van der Waals surface area contributed by atoms with Gasteiger partial charge in [-0.15, -0.1) is 0 Å². The highest BCUT2D eigenvalue weighted by molar-refractivity contribution is 6.07. The number of quaternary nitrogens is 2. The van der Waals surface area contributed by atoms with Crippen molar-refractivity contribution in [2.24, 2.45) is 0 Å². The van der Waals surface area contributed by atoms with E-state index < -0.39 is 5.54 Å². The zero-order valence-corrected chi connectivity index (χ0v) is 18.5. The lowest BCUT2D eigenvalue weighted by Gasteiger charge is -2.31. The molecule has 31 heavy (non-hydrogen) atoms. The number of urea groups is 1. The van der Waals surface area contributed by atoms with E-state index in [1.165, 1.54) is 20.9 Å². The predicted molar refractivity (Wildman–Crippen MR) is 117 cm³/mol. The Labute approximate surface area is 183 Å². The normalized spacial score (nSPS) is 26.1. The van der Waals surface area contributed by atoms with E-state index in [4.69, 9.17) is 4.74 Å². The number of nitrogens with one attached hydrogen (secondary N) is 3. The topological polar surface area (TPSA) is 67.5 Å². The van der Waals surface area contributed by atoms with Gasteiger partial charge in [0.1, 0.15) is 44.0 Å². The van der Waals surface area contributed by atoms with Crippen molar-refractivity contribution in [3.8, 4) is 5.75 Å². The fourth-order valence-corrected chi connectivity index (χ4v) is 4.60. The minimum Gasteiger partial charge on any atom is -0.497 e. The standard InChI is InChI=1S/C24H30N4O3/c1-18-6-4-7-19(14-18)16-26-10-12-27(13-11-26)17-28-22(29)24(2,25-23(28)30)20-8-5-9-21(15-20)31-3/h4-9,14-15H,10-13,16-17H2,1-3H3,(H,25,30)/p+2/t24-/m0/s1. The molecule has 0 aliphatic carbocycles. The maximum Gasteiger partial charge on any atom is 0.329 e. The summed E-state index contributed by atoms with van der Waals surface area (Å²) in [7, 11) is 1.59. The van der Waals surface area contributed by atoms with Gasteiger partial charge in [0.25, 0.3) is 5.91 Å². The molecule has 2 heterocycles. The van der Waals surface area contributed by atoms with Gasteiger partial charge < -0.3 is 19.9 Å². The highest BCUT2D eigenvalue weighted by Crippen LogP contribution is 2.30. The van der Waals surface area contributed by atoms with Crippen molar-refractivity contribution in [2.45, 2.75) is 25.9 Å². The Morgan fingerprint density at radius 2 is 1.74 bits per heavy atom. The third-order valence-corrected chi connectivity index (χ3v) is 6.50. The zero-order chi connectivity index (χ0) is 22.0. The summed E-state index contributed by atoms with van der Waals surface area (Å²) in [5.41, 5.74) is 2.32. The smallest absolute Gasteiger partial charge is 0.329 e. The minimum atomic E-state index is -1.07. The summed E-state index contributed by atoms with van der Waals surface area (Å²) >= 11 is 0. The molecule has 3 amide bonds. The first-order chi connectivity index (χ1) is 14.9. The number of hydrogen-bond donors (Lipinski definition) is 3. The number of hydrogen-bond acceptors (Lipinski definition) is 3. The number of aryl methyl sites for hydroxylation is 1. The number of rotatable bonds is 6. The van der Waals surface area contributed by atoms with E-state index in [1.807, 2.05) is 24.3 Å². The van der Waals surface area contributed by atoms with Gasteiger partial charge in [-0.05, 0) is 31.5 Å². The SMILES string of the molecule is COc1cccc([C@]2(C)NC(=O)N(C[NH+]3CC[NH+](Cc4cccc(C)c4)CC3)C2=O)c1. The molecular formula is C24H32N4O3+2. The maximum absolute atomic E-state index is 13.2. The first kappa shape index (κ1) is 21.3. The summed E-state index contributed by atoms with van der Waals surface area (Å²) in [6.45, 7) is 9.25. The predicted octanol–water partition coefficient (Wildman–Crippen LogP) is -0.288. The third kappa shape index (κ3) is 4.43. The molecule has 164 valence electrons. The van der Waals surface area contributed by atoms with Crippen molar-refractivity contribution in [1.82, 2.24) is 10.2 Å². The number of piperazine rings is 1. The first-order valence-corrected chi connectivity index (χ1v) is 10.9. The van der Waals surface area contributed by atoms with E-state index in [9.17, 15) is 9.59 Å². The first-order valence-electron chi connectivity index (χ1n) is 10.9. The van der Waals surface area contributed by atoms with E-state index in [0.29, 0.717) is 12.4 Å². The van der Waals surface area contributed by atoms with Crippen LogP contribution >= 0.6 is 0 Å². The summed E-state index contributed by atoms with van der Waals surface area (Å²) < 4.78 is 5.28. The van der Waals surface area contributed by atoms with Gasteiger partial charge in [0.05, 0.1) is 7.11 Å². The molecule has 2 aromatic rings. The molecule has 0 unspecified atom stereocenters. The van der Waals surface area contributed by atoms with Gasteiger partial charge in [0.15, 0.2) is 6.67 Å². The molecule has 0 aromatic heterocycles. The molecule has 2 saturated heterocycles. The molecule has 2 aliphatic rings. The number of ether oxygens (including phenoxy) is 1. The Morgan fingerprint density at radius 3 is 2.45 bits per heavy atom. The molecule has 2 aliphatic heterocycles. The van der Waals surface area contributed by atoms with Gasteiger partial charge in [-0.1, -0.05) is 42.0 Å². The molecule has 0 radical (unpaired) electrons. The second kappa shape index (κ2) is 8.69. The van der Waals surface area contributed by atoms with Crippen LogP contribution in [0.1, 0.15) is 23.6 Å². The van der Waals surface area contributed by atoms with E-state index in [1.54, 1.807) is 18.9 Å². The van der Waals surface area contributed by atoms with Gasteiger partial charge in [0.2, 0.25) is 0 Å². The minimum absolute atomic E-state index is 0.201. The van der Waals surface area contributed by atoms with Crippen LogP contribution in [0.2, 0.25) is 0 Å². The van der Waals surface area contributed by atoms with Crippen LogP contribution in [-0.4, -0.2) is 56.8 Å². The van der Waals surface area contributed by atoms with E-state index in [0.717, 1.165) is 38.3 Å². The van der Waals surface area contributed by atoms with E-state index >= 15 is 0 Å². The summed E-state index contributed by atoms with van der Waals surface area (Å²) in [6.07, 6.45) is 0. The van der Waals surface area contributed by atoms with Crippen LogP contribution < -0.4 is 19.9 Å². The van der Waals surface area contributed by atoms with Crippen LogP contribution in [0.15, 0.2) is 48.5 Å². The molecular weight excluding hydrogens is 392 g/mol. The fourth-order valence-electron chi connectivity index (χ4n) is 4.60. The monoisotopic (exact) mass is 424 g/mol. The fraction of sp³-hybridized carbons (Fsp3) is 0.417. The van der Waals surface area contributed by atoms with Gasteiger partial charge in [-0.3, -0.25) is 4.79 Å². The summed E-state index contributed by atoms with van der Waals surface area (Å²) in [4.78, 5) is 30.1. The maximum atomic E-state index is 13.2. The second-order valence-corrected chi connectivity index (χ2v) is 8.84. The van der Waals surface area contributed by atoms with Crippen molar-refractivity contribution < 1.29 is 24.1 Å². The third-order valence-electron chi connectivity index (χ3n) is 6.50. The number of nitrogens with zero attached hydrogens (tertiary/aromatic N) is 1. The average molecular weight is 425 g/mol. The number of carbonyl (C=O) groups is 2. The molecule has 0 bridgehead atoms. The van der Waals surface area contributed by atoms with Crippen molar-refractivity contribution in [3.63, 3.8) is 0 Å². The van der Waals surface area contributed by atoms with Crippen molar-refractivity contribution in [2.75, 3.05) is 40.0 Å². The van der Waals surface area contributed by atoms with Gasteiger partial charge in [-0.25, -0.2) is 9.69 Å². The second-order valence-electron chi connectivity index (χ2n) is 8.84. The average Bonchev–Trinajstić information content (AvgIpc) is 2.99. The molecule has 0 saturated carbocycles. The Kier molecular flexibility index (Phi) is 5.98. The molecule has 2 fully saturated rings. The Bertz CT molecular complexity index is 971. The van der Waals surface area contributed by atoms with Crippen LogP contribution in [0, 0.1) is 6.92 Å². The Hall–Kier alpha value is -2.90. The van der Waals surface area contributed by atoms with E-state index in [2.05, 4.69) is 36.5 Å². The molecule has 0 spiro atoms. The highest BCUT2D eigenvalue weighted by Gasteiger charge is 2.50. The number of carbonyl (C=O) groups excluding carboxylic acids is 2. The number of methoxy groups -OCH3 is 1. The number of benzene rings is 2. The van der Waals surface area contributed by atoms with Crippen LogP contribution in [0.25, 0.3) is 0 Å². The molecule has 7 nitrogen and oxygen atoms in total. The van der Waals surface area contributed by atoms with Crippen LogP contribution in [0.4, 0.5) is 4.79 Å². The van der Waals surface area contributed by atoms with Crippen LogP contribution in [-0.2, 0) is 16.9 Å². The van der Waals surface area contributed by atoms with Gasteiger partial charge in [0, 0.05) is 5.56 Å². The molecule has 1 atom stereocenters. The summed E-state index contributed by atoms with van der Waals surface area (Å²) in [5.74, 6) is 0.463. The van der Waals surface area contributed by atoms with Gasteiger partial charge in [-0.2, -0.15) is 0 Å². The quantitative estimate of drug-likeness (QED) is 0.559. The summed E-state index contributed by atoms with van der Waals surface area (Å²) in [5, 5.41) is 2.90. The molecule has 4 rings (SSSR count). The molecule has 2 aromatic carbocycles. The van der Waals surface area contributed by atoms with Crippen molar-refractivity contribution in [1.29, 1.82) is 0 Å².